The molecule has 3 N–H and O–H groups in total. The lowest BCUT2D eigenvalue weighted by Crippen LogP contribution is -2.33. The molecule has 1 heterocycles. The number of rotatable bonds is 3. The third-order valence-corrected chi connectivity index (χ3v) is 2.91. The number of tetrazole rings is 1. The summed E-state index contributed by atoms with van der Waals surface area (Å²) >= 11 is 11.9. The lowest BCUT2D eigenvalue weighted by molar-refractivity contribution is -0.122. The van der Waals surface area contributed by atoms with Crippen LogP contribution in [0.15, 0.2) is 18.2 Å². The molecular weight excluding hydrogens is 279 g/mol. The molecule has 0 spiro atoms. The van der Waals surface area contributed by atoms with Crippen molar-refractivity contribution in [2.45, 2.75) is 6.54 Å². The number of carbonyl (C=O) groups is 1. The number of nitrogens with one attached hydrogen (secondary N) is 1. The Hall–Kier alpha value is -1.70. The van der Waals surface area contributed by atoms with E-state index in [0.717, 1.165) is 4.80 Å². The molecule has 0 radical (unpaired) electrons. The summed E-state index contributed by atoms with van der Waals surface area (Å²) in [5, 5.41) is 12.2. The summed E-state index contributed by atoms with van der Waals surface area (Å²) in [6.45, 7) is -0.123. The van der Waals surface area contributed by atoms with Gasteiger partial charge in [-0.1, -0.05) is 29.3 Å². The van der Waals surface area contributed by atoms with Crippen LogP contribution in [0.1, 0.15) is 0 Å². The Bertz CT molecular complexity index is 584. The third kappa shape index (κ3) is 2.58. The minimum absolute atomic E-state index is 0.123. The van der Waals surface area contributed by atoms with Crippen LogP contribution in [0.2, 0.25) is 10.0 Å². The van der Waals surface area contributed by atoms with Gasteiger partial charge in [0, 0.05) is 5.56 Å². The van der Waals surface area contributed by atoms with E-state index in [1.807, 2.05) is 5.43 Å². The molecular formula is C9H8Cl2N6O. The van der Waals surface area contributed by atoms with Crippen molar-refractivity contribution in [3.63, 3.8) is 0 Å². The second kappa shape index (κ2) is 5.30. The number of nitrogens with two attached hydrogens (primary N) is 1. The maximum absolute atomic E-state index is 11.0. The Morgan fingerprint density at radius 3 is 2.94 bits per heavy atom. The van der Waals surface area contributed by atoms with Gasteiger partial charge in [0.2, 0.25) is 5.82 Å². The number of halogens is 2. The lowest BCUT2D eigenvalue weighted by Gasteiger charge is -2.00. The molecule has 0 aliphatic carbocycles. The van der Waals surface area contributed by atoms with Crippen molar-refractivity contribution in [3.05, 3.63) is 28.2 Å². The van der Waals surface area contributed by atoms with Gasteiger partial charge in [0.25, 0.3) is 5.91 Å². The lowest BCUT2D eigenvalue weighted by atomic mass is 10.2. The first-order chi connectivity index (χ1) is 8.61. The van der Waals surface area contributed by atoms with Crippen LogP contribution in [-0.4, -0.2) is 26.1 Å². The molecule has 94 valence electrons. The van der Waals surface area contributed by atoms with Gasteiger partial charge in [-0.25, -0.2) is 5.84 Å². The molecule has 2 rings (SSSR count). The highest BCUT2D eigenvalue weighted by Gasteiger charge is 2.13. The average Bonchev–Trinajstić information content (AvgIpc) is 2.80. The van der Waals surface area contributed by atoms with Crippen LogP contribution in [0.4, 0.5) is 0 Å². The van der Waals surface area contributed by atoms with Gasteiger partial charge >= 0.3 is 0 Å². The van der Waals surface area contributed by atoms with E-state index in [1.165, 1.54) is 0 Å². The number of carbonyl (C=O) groups excluding carboxylic acids is 1. The fourth-order valence-electron chi connectivity index (χ4n) is 1.27. The molecule has 0 atom stereocenters. The van der Waals surface area contributed by atoms with E-state index in [-0.39, 0.29) is 12.4 Å². The largest absolute Gasteiger partial charge is 0.293 e. The molecule has 7 nitrogen and oxygen atoms in total. The molecule has 0 saturated carbocycles. The second-order valence-electron chi connectivity index (χ2n) is 3.31. The third-order valence-electron chi connectivity index (χ3n) is 2.09. The van der Waals surface area contributed by atoms with E-state index < -0.39 is 5.91 Å². The monoisotopic (exact) mass is 286 g/mol. The molecule has 0 bridgehead atoms. The van der Waals surface area contributed by atoms with Crippen molar-refractivity contribution < 1.29 is 4.79 Å². The van der Waals surface area contributed by atoms with Crippen LogP contribution in [-0.2, 0) is 11.3 Å². The van der Waals surface area contributed by atoms with E-state index in [9.17, 15) is 4.79 Å². The fraction of sp³-hybridized carbons (Fsp3) is 0.111. The van der Waals surface area contributed by atoms with Gasteiger partial charge in [-0.15, -0.1) is 10.2 Å². The first-order valence-corrected chi connectivity index (χ1v) is 5.59. The first kappa shape index (κ1) is 12.7. The minimum atomic E-state index is -0.434. The highest BCUT2D eigenvalue weighted by molar-refractivity contribution is 6.43. The van der Waals surface area contributed by atoms with Crippen molar-refractivity contribution in [2.75, 3.05) is 0 Å². The topological polar surface area (TPSA) is 98.7 Å². The molecule has 2 aromatic rings. The zero-order valence-electron chi connectivity index (χ0n) is 8.97. The fourth-order valence-corrected chi connectivity index (χ4v) is 1.65. The number of hydrazine groups is 1. The molecule has 0 fully saturated rings. The van der Waals surface area contributed by atoms with Crippen LogP contribution >= 0.6 is 23.2 Å². The van der Waals surface area contributed by atoms with Crippen LogP contribution in [0.25, 0.3) is 11.4 Å². The number of benzene rings is 1. The Labute approximate surface area is 112 Å². The summed E-state index contributed by atoms with van der Waals surface area (Å²) in [5.74, 6) is 4.80. The highest BCUT2D eigenvalue weighted by atomic mass is 35.5. The standard InChI is InChI=1S/C9H8Cl2N6O/c10-6-3-1-2-5(8(6)11)9-14-16-17(15-9)4-7(18)13-12/h1-3H,4,12H2,(H,13,18). The van der Waals surface area contributed by atoms with Gasteiger partial charge in [0.1, 0.15) is 6.54 Å². The molecule has 1 amide bonds. The van der Waals surface area contributed by atoms with Crippen molar-refractivity contribution in [2.24, 2.45) is 5.84 Å². The first-order valence-electron chi connectivity index (χ1n) is 4.83. The molecule has 1 aromatic carbocycles. The van der Waals surface area contributed by atoms with Crippen molar-refractivity contribution >= 4 is 29.1 Å². The predicted octanol–water partition coefficient (Wildman–Crippen LogP) is 0.637. The van der Waals surface area contributed by atoms with Crippen molar-refractivity contribution in [3.8, 4) is 11.4 Å². The Kier molecular flexibility index (Phi) is 3.75. The maximum atomic E-state index is 11.0. The number of nitrogens with zero attached hydrogens (tertiary/aromatic N) is 4. The van der Waals surface area contributed by atoms with Crippen molar-refractivity contribution in [1.82, 2.24) is 25.6 Å². The maximum Gasteiger partial charge on any atom is 0.257 e. The van der Waals surface area contributed by atoms with E-state index in [0.29, 0.717) is 15.6 Å². The normalized spacial score (nSPS) is 10.4. The smallest absolute Gasteiger partial charge is 0.257 e. The second-order valence-corrected chi connectivity index (χ2v) is 4.10. The predicted molar refractivity (Wildman–Crippen MR) is 65.6 cm³/mol. The van der Waals surface area contributed by atoms with E-state index >= 15 is 0 Å². The SMILES string of the molecule is NNC(=O)Cn1nnc(-c2cccc(Cl)c2Cl)n1. The minimum Gasteiger partial charge on any atom is -0.293 e. The summed E-state index contributed by atoms with van der Waals surface area (Å²) in [5.41, 5.74) is 2.51. The summed E-state index contributed by atoms with van der Waals surface area (Å²) < 4.78 is 0. The molecule has 0 unspecified atom stereocenters. The Morgan fingerprint density at radius 1 is 1.44 bits per heavy atom. The zero-order chi connectivity index (χ0) is 13.1. The highest BCUT2D eigenvalue weighted by Crippen LogP contribution is 2.30. The molecule has 9 heteroatoms. The molecule has 18 heavy (non-hydrogen) atoms. The molecule has 0 aliphatic rings. The van der Waals surface area contributed by atoms with E-state index in [2.05, 4.69) is 15.4 Å². The van der Waals surface area contributed by atoms with Crippen molar-refractivity contribution in [1.29, 1.82) is 0 Å². The summed E-state index contributed by atoms with van der Waals surface area (Å²) in [6.07, 6.45) is 0. The number of aromatic nitrogens is 4. The zero-order valence-corrected chi connectivity index (χ0v) is 10.5. The van der Waals surface area contributed by atoms with Crippen LogP contribution in [0.5, 0.6) is 0 Å². The van der Waals surface area contributed by atoms with Gasteiger partial charge in [0.05, 0.1) is 10.0 Å². The number of hydrogen-bond donors (Lipinski definition) is 2. The van der Waals surface area contributed by atoms with Crippen LogP contribution < -0.4 is 11.3 Å². The van der Waals surface area contributed by atoms with Crippen LogP contribution in [0, 0.1) is 0 Å². The summed E-state index contributed by atoms with van der Waals surface area (Å²) in [6, 6.07) is 5.08. The van der Waals surface area contributed by atoms with E-state index in [1.54, 1.807) is 18.2 Å². The van der Waals surface area contributed by atoms with Gasteiger partial charge in [-0.05, 0) is 17.3 Å². The van der Waals surface area contributed by atoms with E-state index in [4.69, 9.17) is 29.0 Å². The molecule has 0 aliphatic heterocycles. The summed E-state index contributed by atoms with van der Waals surface area (Å²) in [7, 11) is 0. The van der Waals surface area contributed by atoms with Gasteiger partial charge in [0.15, 0.2) is 0 Å². The number of amides is 1. The molecule has 0 saturated heterocycles. The average molecular weight is 287 g/mol. The van der Waals surface area contributed by atoms with Gasteiger partial charge in [-0.2, -0.15) is 4.80 Å². The Morgan fingerprint density at radius 2 is 2.22 bits per heavy atom. The summed E-state index contributed by atoms with van der Waals surface area (Å²) in [4.78, 5) is 12.1. The molecule has 1 aromatic heterocycles. The van der Waals surface area contributed by atoms with Crippen LogP contribution in [0.3, 0.4) is 0 Å². The quantitative estimate of drug-likeness (QED) is 0.490. The van der Waals surface area contributed by atoms with Gasteiger partial charge < -0.3 is 0 Å². The number of hydrogen-bond acceptors (Lipinski definition) is 5. The Balaban J connectivity index is 2.29. The van der Waals surface area contributed by atoms with Gasteiger partial charge in [-0.3, -0.25) is 10.2 Å².